The molecule has 0 amide bonds. The molecule has 0 aliphatic rings. The van der Waals surface area contributed by atoms with Crippen molar-refractivity contribution < 1.29 is 22.7 Å². The minimum atomic E-state index is -4.64. The Labute approximate surface area is 112 Å². The predicted molar refractivity (Wildman–Crippen MR) is 62.3 cm³/mol. The lowest BCUT2D eigenvalue weighted by molar-refractivity contribution is -0.154. The Balaban J connectivity index is 0.00000289. The van der Waals surface area contributed by atoms with E-state index in [0.717, 1.165) is 6.07 Å². The molecule has 0 bridgehead atoms. The van der Waals surface area contributed by atoms with Crippen molar-refractivity contribution in [3.05, 3.63) is 34.6 Å². The number of halogens is 6. The molecule has 0 aromatic heterocycles. The van der Waals surface area contributed by atoms with E-state index >= 15 is 0 Å². The largest absolute Gasteiger partial charge is 0.403 e. The molecule has 2 nitrogen and oxygen atoms in total. The Bertz CT molecular complexity index is 380. The fraction of sp³-hybridized carbons (Fsp3) is 0.400. The number of alkyl halides is 3. The zero-order valence-corrected chi connectivity index (χ0v) is 10.5. The van der Waals surface area contributed by atoms with Crippen LogP contribution in [0.25, 0.3) is 0 Å². The van der Waals surface area contributed by atoms with E-state index in [4.69, 9.17) is 17.3 Å². The molecule has 0 aliphatic heterocycles. The van der Waals surface area contributed by atoms with Gasteiger partial charge in [-0.2, -0.15) is 13.2 Å². The fourth-order valence-corrected chi connectivity index (χ4v) is 1.61. The number of nitrogens with two attached hydrogens (primary N) is 1. The predicted octanol–water partition coefficient (Wildman–Crippen LogP) is 3.21. The SMILES string of the molecule is Cl.N[C@H](C[C@H](O)c1c(F)cccc1Cl)C(F)(F)F. The third-order valence-corrected chi connectivity index (χ3v) is 2.56. The van der Waals surface area contributed by atoms with Crippen LogP contribution < -0.4 is 5.73 Å². The lowest BCUT2D eigenvalue weighted by Crippen LogP contribution is -2.38. The molecule has 0 spiro atoms. The van der Waals surface area contributed by atoms with Gasteiger partial charge < -0.3 is 10.8 Å². The zero-order chi connectivity index (χ0) is 13.2. The summed E-state index contributed by atoms with van der Waals surface area (Å²) in [4.78, 5) is 0. The molecule has 0 radical (unpaired) electrons. The van der Waals surface area contributed by atoms with E-state index in [1.54, 1.807) is 0 Å². The first-order chi connectivity index (χ1) is 7.73. The summed E-state index contributed by atoms with van der Waals surface area (Å²) in [5.41, 5.74) is 4.47. The minimum absolute atomic E-state index is 0. The molecule has 1 aromatic carbocycles. The van der Waals surface area contributed by atoms with Crippen LogP contribution in [0.15, 0.2) is 18.2 Å². The molecule has 18 heavy (non-hydrogen) atoms. The Morgan fingerprint density at radius 1 is 1.33 bits per heavy atom. The van der Waals surface area contributed by atoms with Gasteiger partial charge in [-0.1, -0.05) is 17.7 Å². The van der Waals surface area contributed by atoms with Crippen molar-refractivity contribution in [1.82, 2.24) is 0 Å². The van der Waals surface area contributed by atoms with Crippen molar-refractivity contribution in [1.29, 1.82) is 0 Å². The molecule has 8 heteroatoms. The summed E-state index contributed by atoms with van der Waals surface area (Å²) in [6, 6.07) is 1.34. The van der Waals surface area contributed by atoms with Crippen LogP contribution in [0.4, 0.5) is 17.6 Å². The van der Waals surface area contributed by atoms with Crippen LogP contribution >= 0.6 is 24.0 Å². The highest BCUT2D eigenvalue weighted by Crippen LogP contribution is 2.31. The molecule has 1 aromatic rings. The van der Waals surface area contributed by atoms with Crippen LogP contribution in [-0.4, -0.2) is 17.3 Å². The second-order valence-corrected chi connectivity index (χ2v) is 3.94. The van der Waals surface area contributed by atoms with Crippen LogP contribution in [-0.2, 0) is 0 Å². The average molecular weight is 308 g/mol. The van der Waals surface area contributed by atoms with Crippen molar-refractivity contribution >= 4 is 24.0 Å². The van der Waals surface area contributed by atoms with Gasteiger partial charge in [0.25, 0.3) is 0 Å². The summed E-state index contributed by atoms with van der Waals surface area (Å²) >= 11 is 5.60. The summed E-state index contributed by atoms with van der Waals surface area (Å²) in [5.74, 6) is -0.862. The number of hydrogen-bond acceptors (Lipinski definition) is 2. The quantitative estimate of drug-likeness (QED) is 0.842. The lowest BCUT2D eigenvalue weighted by Gasteiger charge is -2.20. The van der Waals surface area contributed by atoms with Crippen molar-refractivity contribution in [2.24, 2.45) is 5.73 Å². The summed E-state index contributed by atoms with van der Waals surface area (Å²) in [7, 11) is 0. The zero-order valence-electron chi connectivity index (χ0n) is 8.92. The highest BCUT2D eigenvalue weighted by Gasteiger charge is 2.38. The summed E-state index contributed by atoms with van der Waals surface area (Å²) < 4.78 is 49.8. The van der Waals surface area contributed by atoms with E-state index in [1.807, 2.05) is 0 Å². The molecular formula is C10H11Cl2F4NO. The van der Waals surface area contributed by atoms with Crippen LogP contribution in [0, 0.1) is 5.82 Å². The van der Waals surface area contributed by atoms with Gasteiger partial charge in [-0.05, 0) is 12.1 Å². The van der Waals surface area contributed by atoms with Gasteiger partial charge in [-0.3, -0.25) is 0 Å². The van der Waals surface area contributed by atoms with Crippen LogP contribution in [0.2, 0.25) is 5.02 Å². The first kappa shape index (κ1) is 17.4. The maximum atomic E-state index is 13.3. The third-order valence-electron chi connectivity index (χ3n) is 2.23. The molecule has 1 rings (SSSR count). The van der Waals surface area contributed by atoms with E-state index in [-0.39, 0.29) is 23.0 Å². The van der Waals surface area contributed by atoms with Crippen molar-refractivity contribution in [2.45, 2.75) is 24.7 Å². The van der Waals surface area contributed by atoms with E-state index in [1.165, 1.54) is 12.1 Å². The molecule has 0 heterocycles. The van der Waals surface area contributed by atoms with E-state index < -0.39 is 30.6 Å². The second-order valence-electron chi connectivity index (χ2n) is 3.53. The second kappa shape index (κ2) is 6.56. The van der Waals surface area contributed by atoms with Gasteiger partial charge in [-0.15, -0.1) is 12.4 Å². The molecule has 0 saturated carbocycles. The Morgan fingerprint density at radius 3 is 2.33 bits per heavy atom. The lowest BCUT2D eigenvalue weighted by atomic mass is 10.0. The van der Waals surface area contributed by atoms with Gasteiger partial charge in [0.2, 0.25) is 0 Å². The van der Waals surface area contributed by atoms with Gasteiger partial charge in [0.1, 0.15) is 11.9 Å². The van der Waals surface area contributed by atoms with Crippen LogP contribution in [0.1, 0.15) is 18.1 Å². The number of rotatable bonds is 3. The van der Waals surface area contributed by atoms with Gasteiger partial charge in [-0.25, -0.2) is 4.39 Å². The highest BCUT2D eigenvalue weighted by atomic mass is 35.5. The Morgan fingerprint density at radius 2 is 1.89 bits per heavy atom. The van der Waals surface area contributed by atoms with Crippen molar-refractivity contribution in [3.8, 4) is 0 Å². The normalized spacial score (nSPS) is 14.8. The number of aliphatic hydroxyl groups excluding tert-OH is 1. The van der Waals surface area contributed by atoms with Gasteiger partial charge in [0.15, 0.2) is 0 Å². The summed E-state index contributed by atoms with van der Waals surface area (Å²) in [5, 5.41) is 9.38. The van der Waals surface area contributed by atoms with E-state index in [9.17, 15) is 22.7 Å². The highest BCUT2D eigenvalue weighted by molar-refractivity contribution is 6.31. The fourth-order valence-electron chi connectivity index (χ4n) is 1.32. The van der Waals surface area contributed by atoms with Crippen molar-refractivity contribution in [3.63, 3.8) is 0 Å². The molecule has 104 valence electrons. The number of hydrogen-bond donors (Lipinski definition) is 2. The maximum Gasteiger partial charge on any atom is 0.403 e. The van der Waals surface area contributed by atoms with Crippen LogP contribution in [0.5, 0.6) is 0 Å². The van der Waals surface area contributed by atoms with E-state index in [2.05, 4.69) is 0 Å². The first-order valence-electron chi connectivity index (χ1n) is 4.67. The standard InChI is InChI=1S/C10H10ClF4NO.ClH/c11-5-2-1-3-6(12)9(5)7(17)4-8(16)10(13,14)15;/h1-3,7-8,17H,4,16H2;1H/t7-,8+;/m0./s1. The molecule has 0 fully saturated rings. The molecule has 3 N–H and O–H groups in total. The van der Waals surface area contributed by atoms with Gasteiger partial charge >= 0.3 is 6.18 Å². The monoisotopic (exact) mass is 307 g/mol. The molecule has 0 unspecified atom stereocenters. The molecule has 2 atom stereocenters. The molecule has 0 aliphatic carbocycles. The number of aliphatic hydroxyl groups is 1. The van der Waals surface area contributed by atoms with Gasteiger partial charge in [0.05, 0.1) is 6.10 Å². The number of benzene rings is 1. The van der Waals surface area contributed by atoms with E-state index in [0.29, 0.717) is 0 Å². The minimum Gasteiger partial charge on any atom is -0.388 e. The average Bonchev–Trinajstić information content (AvgIpc) is 2.15. The van der Waals surface area contributed by atoms with Crippen LogP contribution in [0.3, 0.4) is 0 Å². The maximum absolute atomic E-state index is 13.3. The third kappa shape index (κ3) is 4.28. The summed E-state index contributed by atoms with van der Waals surface area (Å²) in [6.07, 6.45) is -7.18. The Hall–Kier alpha value is -0.560. The smallest absolute Gasteiger partial charge is 0.388 e. The topological polar surface area (TPSA) is 46.2 Å². The van der Waals surface area contributed by atoms with Gasteiger partial charge in [0, 0.05) is 17.0 Å². The first-order valence-corrected chi connectivity index (χ1v) is 5.05. The van der Waals surface area contributed by atoms with Crippen molar-refractivity contribution in [2.75, 3.05) is 0 Å². The summed E-state index contributed by atoms with van der Waals surface area (Å²) in [6.45, 7) is 0. The molecule has 0 saturated heterocycles. The Kier molecular flexibility index (Phi) is 6.36. The molecular weight excluding hydrogens is 297 g/mol.